The third-order valence-corrected chi connectivity index (χ3v) is 4.06. The number of hydrogen-bond acceptors (Lipinski definition) is 3. The van der Waals surface area contributed by atoms with E-state index in [-0.39, 0.29) is 6.10 Å². The number of aliphatic hydroxyl groups excluding tert-OH is 1. The van der Waals surface area contributed by atoms with Crippen molar-refractivity contribution in [2.45, 2.75) is 25.5 Å². The molecular formula is C18H21NO2. The summed E-state index contributed by atoms with van der Waals surface area (Å²) in [6.07, 6.45) is 1.66. The van der Waals surface area contributed by atoms with Gasteiger partial charge in [-0.25, -0.2) is 0 Å². The molecule has 1 unspecified atom stereocenters. The van der Waals surface area contributed by atoms with Crippen LogP contribution in [0.4, 0.5) is 0 Å². The lowest BCUT2D eigenvalue weighted by molar-refractivity contribution is 0.0664. The first-order chi connectivity index (χ1) is 10.2. The Labute approximate surface area is 125 Å². The van der Waals surface area contributed by atoms with Crippen molar-refractivity contribution in [3.63, 3.8) is 0 Å². The summed E-state index contributed by atoms with van der Waals surface area (Å²) in [6.45, 7) is 2.35. The topological polar surface area (TPSA) is 43.7 Å². The highest BCUT2D eigenvalue weighted by molar-refractivity contribution is 5.65. The molecule has 2 aromatic rings. The van der Waals surface area contributed by atoms with Crippen LogP contribution in [0.3, 0.4) is 0 Å². The van der Waals surface area contributed by atoms with E-state index in [1.54, 1.807) is 6.07 Å². The first-order valence-electron chi connectivity index (χ1n) is 7.50. The van der Waals surface area contributed by atoms with Crippen molar-refractivity contribution in [2.75, 3.05) is 13.1 Å². The van der Waals surface area contributed by atoms with E-state index in [0.717, 1.165) is 36.1 Å². The number of nitrogens with zero attached hydrogens (tertiary/aromatic N) is 1. The molecule has 2 aromatic carbocycles. The largest absolute Gasteiger partial charge is 0.508 e. The van der Waals surface area contributed by atoms with Gasteiger partial charge in [0, 0.05) is 18.7 Å². The standard InChI is InChI=1S/C18H21NO2/c20-17-7-4-10-19(13-17)12-16-11-15(8-9-18(16)21)14-5-2-1-3-6-14/h1-3,5-6,8-9,11,17,20-21H,4,7,10,12-13H2. The van der Waals surface area contributed by atoms with E-state index in [1.807, 2.05) is 30.3 Å². The summed E-state index contributed by atoms with van der Waals surface area (Å²) in [5, 5.41) is 19.8. The third-order valence-electron chi connectivity index (χ3n) is 4.06. The predicted molar refractivity (Wildman–Crippen MR) is 84.1 cm³/mol. The lowest BCUT2D eigenvalue weighted by atomic mass is 10.0. The van der Waals surface area contributed by atoms with Crippen molar-refractivity contribution < 1.29 is 10.2 Å². The number of aliphatic hydroxyl groups is 1. The van der Waals surface area contributed by atoms with Gasteiger partial charge in [-0.15, -0.1) is 0 Å². The molecule has 1 aliphatic rings. The number of piperidine rings is 1. The Balaban J connectivity index is 1.81. The fraction of sp³-hybridized carbons (Fsp3) is 0.333. The summed E-state index contributed by atoms with van der Waals surface area (Å²) in [7, 11) is 0. The minimum Gasteiger partial charge on any atom is -0.508 e. The molecule has 0 aliphatic carbocycles. The predicted octanol–water partition coefficient (Wildman–Crippen LogP) is 3.02. The van der Waals surface area contributed by atoms with Crippen LogP contribution in [0.1, 0.15) is 18.4 Å². The fourth-order valence-corrected chi connectivity index (χ4v) is 2.94. The van der Waals surface area contributed by atoms with Crippen LogP contribution in [0.25, 0.3) is 11.1 Å². The van der Waals surface area contributed by atoms with Gasteiger partial charge in [-0.05, 0) is 42.6 Å². The number of phenols is 1. The molecular weight excluding hydrogens is 262 g/mol. The Morgan fingerprint density at radius 3 is 2.62 bits per heavy atom. The van der Waals surface area contributed by atoms with Crippen molar-refractivity contribution in [3.05, 3.63) is 54.1 Å². The van der Waals surface area contributed by atoms with E-state index in [4.69, 9.17) is 0 Å². The van der Waals surface area contributed by atoms with E-state index >= 15 is 0 Å². The van der Waals surface area contributed by atoms with E-state index in [0.29, 0.717) is 18.8 Å². The van der Waals surface area contributed by atoms with Gasteiger partial charge < -0.3 is 10.2 Å². The number of likely N-dealkylation sites (tertiary alicyclic amines) is 1. The molecule has 1 heterocycles. The average molecular weight is 283 g/mol. The second-order valence-electron chi connectivity index (χ2n) is 5.74. The molecule has 21 heavy (non-hydrogen) atoms. The second kappa shape index (κ2) is 6.29. The lowest BCUT2D eigenvalue weighted by Gasteiger charge is -2.30. The summed E-state index contributed by atoms with van der Waals surface area (Å²) >= 11 is 0. The van der Waals surface area contributed by atoms with Crippen molar-refractivity contribution >= 4 is 0 Å². The molecule has 0 bridgehead atoms. The number of phenolic OH excluding ortho intramolecular Hbond substituents is 1. The molecule has 3 heteroatoms. The van der Waals surface area contributed by atoms with Gasteiger partial charge in [0.25, 0.3) is 0 Å². The normalized spacial score (nSPS) is 19.6. The minimum atomic E-state index is -0.238. The van der Waals surface area contributed by atoms with Gasteiger partial charge in [0.15, 0.2) is 0 Å². The van der Waals surface area contributed by atoms with Crippen LogP contribution in [0, 0.1) is 0 Å². The summed E-state index contributed by atoms with van der Waals surface area (Å²) in [5.41, 5.74) is 3.18. The molecule has 0 spiro atoms. The highest BCUT2D eigenvalue weighted by atomic mass is 16.3. The van der Waals surface area contributed by atoms with Crippen molar-refractivity contribution in [1.82, 2.24) is 4.90 Å². The van der Waals surface area contributed by atoms with E-state index in [9.17, 15) is 10.2 Å². The summed E-state index contributed by atoms with van der Waals surface area (Å²) in [4.78, 5) is 2.21. The quantitative estimate of drug-likeness (QED) is 0.910. The molecule has 3 nitrogen and oxygen atoms in total. The molecule has 0 aromatic heterocycles. The van der Waals surface area contributed by atoms with Gasteiger partial charge in [-0.2, -0.15) is 0 Å². The lowest BCUT2D eigenvalue weighted by Crippen LogP contribution is -2.37. The molecule has 0 amide bonds. The summed E-state index contributed by atoms with van der Waals surface area (Å²) in [5.74, 6) is 0.328. The first kappa shape index (κ1) is 14.1. The van der Waals surface area contributed by atoms with Crippen LogP contribution in [0.5, 0.6) is 5.75 Å². The van der Waals surface area contributed by atoms with Gasteiger partial charge in [0.05, 0.1) is 6.10 Å². The summed E-state index contributed by atoms with van der Waals surface area (Å²) < 4.78 is 0. The van der Waals surface area contributed by atoms with Gasteiger partial charge in [-0.1, -0.05) is 36.4 Å². The SMILES string of the molecule is Oc1ccc(-c2ccccc2)cc1CN1CCCC(O)C1. The van der Waals surface area contributed by atoms with Crippen molar-refractivity contribution in [2.24, 2.45) is 0 Å². The monoisotopic (exact) mass is 283 g/mol. The molecule has 0 radical (unpaired) electrons. The van der Waals surface area contributed by atoms with Crippen LogP contribution in [-0.2, 0) is 6.54 Å². The van der Waals surface area contributed by atoms with Crippen molar-refractivity contribution in [3.8, 4) is 16.9 Å². The molecule has 0 saturated carbocycles. The van der Waals surface area contributed by atoms with Gasteiger partial charge >= 0.3 is 0 Å². The zero-order chi connectivity index (χ0) is 14.7. The van der Waals surface area contributed by atoms with Crippen LogP contribution < -0.4 is 0 Å². The Hall–Kier alpha value is -1.84. The van der Waals surface area contributed by atoms with Crippen molar-refractivity contribution in [1.29, 1.82) is 0 Å². The highest BCUT2D eigenvalue weighted by Gasteiger charge is 2.18. The molecule has 1 atom stereocenters. The molecule has 1 aliphatic heterocycles. The Morgan fingerprint density at radius 1 is 1.05 bits per heavy atom. The molecule has 1 fully saturated rings. The van der Waals surface area contributed by atoms with E-state index in [1.165, 1.54) is 0 Å². The maximum absolute atomic E-state index is 10.1. The van der Waals surface area contributed by atoms with Crippen LogP contribution in [0.15, 0.2) is 48.5 Å². The molecule has 3 rings (SSSR count). The van der Waals surface area contributed by atoms with Gasteiger partial charge in [-0.3, -0.25) is 4.90 Å². The van der Waals surface area contributed by atoms with Gasteiger partial charge in [0.2, 0.25) is 0 Å². The van der Waals surface area contributed by atoms with Crippen LogP contribution in [-0.4, -0.2) is 34.3 Å². The van der Waals surface area contributed by atoms with Crippen LogP contribution >= 0.6 is 0 Å². The smallest absolute Gasteiger partial charge is 0.120 e. The average Bonchev–Trinajstić information content (AvgIpc) is 2.50. The highest BCUT2D eigenvalue weighted by Crippen LogP contribution is 2.27. The zero-order valence-electron chi connectivity index (χ0n) is 12.1. The van der Waals surface area contributed by atoms with Crippen LogP contribution in [0.2, 0.25) is 0 Å². The third kappa shape index (κ3) is 3.43. The minimum absolute atomic E-state index is 0.238. The Morgan fingerprint density at radius 2 is 1.86 bits per heavy atom. The number of benzene rings is 2. The maximum atomic E-state index is 10.1. The number of rotatable bonds is 3. The van der Waals surface area contributed by atoms with Gasteiger partial charge in [0.1, 0.15) is 5.75 Å². The fourth-order valence-electron chi connectivity index (χ4n) is 2.94. The number of hydrogen-bond donors (Lipinski definition) is 2. The number of β-amino-alcohol motifs (C(OH)–C–C–N with tert-alkyl or cyclic N) is 1. The Bertz CT molecular complexity index is 597. The maximum Gasteiger partial charge on any atom is 0.120 e. The zero-order valence-corrected chi connectivity index (χ0v) is 12.1. The molecule has 1 saturated heterocycles. The summed E-state index contributed by atoms with van der Waals surface area (Å²) in [6, 6.07) is 15.9. The molecule has 110 valence electrons. The first-order valence-corrected chi connectivity index (χ1v) is 7.50. The Kier molecular flexibility index (Phi) is 4.23. The number of aromatic hydroxyl groups is 1. The van der Waals surface area contributed by atoms with E-state index < -0.39 is 0 Å². The molecule has 2 N–H and O–H groups in total. The second-order valence-corrected chi connectivity index (χ2v) is 5.74. The van der Waals surface area contributed by atoms with E-state index in [2.05, 4.69) is 17.0 Å².